The molecule has 0 spiro atoms. The fraction of sp³-hybridized carbons (Fsp3) is 0.118. The van der Waals surface area contributed by atoms with Crippen molar-refractivity contribution in [2.24, 2.45) is 4.36 Å². The van der Waals surface area contributed by atoms with Crippen LogP contribution in [0.4, 0.5) is 5.69 Å². The van der Waals surface area contributed by atoms with Gasteiger partial charge in [-0.25, -0.2) is 9.36 Å². The fourth-order valence-corrected chi connectivity index (χ4v) is 3.30. The van der Waals surface area contributed by atoms with E-state index >= 15 is 0 Å². The highest BCUT2D eigenvalue weighted by molar-refractivity contribution is 7.54. The van der Waals surface area contributed by atoms with Crippen molar-refractivity contribution in [1.82, 2.24) is 4.57 Å². The van der Waals surface area contributed by atoms with Crippen molar-refractivity contribution in [1.29, 1.82) is 0 Å². The van der Waals surface area contributed by atoms with Crippen LogP contribution in [0.3, 0.4) is 0 Å². The third kappa shape index (κ3) is 3.20. The Bertz CT molecular complexity index is 1080. The van der Waals surface area contributed by atoms with E-state index in [1.165, 1.54) is 10.8 Å². The Morgan fingerprint density at radius 3 is 2.56 bits per heavy atom. The zero-order chi connectivity index (χ0) is 18.1. The third-order valence-electron chi connectivity index (χ3n) is 3.89. The Balaban J connectivity index is 2.28. The molecule has 0 unspecified atom stereocenters. The van der Waals surface area contributed by atoms with Crippen molar-refractivity contribution in [3.8, 4) is 16.9 Å². The summed E-state index contributed by atoms with van der Waals surface area (Å²) >= 11 is 12.2. The number of aryl methyl sites for hydroxylation is 1. The van der Waals surface area contributed by atoms with Crippen LogP contribution in [0.1, 0.15) is 11.1 Å². The second kappa shape index (κ2) is 7.00. The molecule has 3 rings (SSSR count). The second-order valence-corrected chi connectivity index (χ2v) is 6.54. The smallest absolute Gasteiger partial charge is 0.415 e. The largest absolute Gasteiger partial charge is 0.424 e. The van der Waals surface area contributed by atoms with E-state index in [0.717, 1.165) is 16.7 Å². The number of aromatic nitrogens is 1. The molecule has 0 bridgehead atoms. The van der Waals surface area contributed by atoms with E-state index in [4.69, 9.17) is 27.6 Å². The number of hydrogen-bond donors (Lipinski definition) is 0. The van der Waals surface area contributed by atoms with Gasteiger partial charge < -0.3 is 4.42 Å². The highest BCUT2D eigenvalue weighted by Crippen LogP contribution is 2.34. The first-order valence-corrected chi connectivity index (χ1v) is 8.66. The molecule has 0 aliphatic rings. The molecule has 0 saturated heterocycles. The number of nitrogens with zero attached hydrogens (tertiary/aromatic N) is 2. The van der Waals surface area contributed by atoms with Crippen molar-refractivity contribution in [3.05, 3.63) is 68.3 Å². The van der Waals surface area contributed by atoms with Gasteiger partial charge in [0.25, 0.3) is 0 Å². The molecule has 128 valence electrons. The molecule has 5 nitrogen and oxygen atoms in total. The van der Waals surface area contributed by atoms with Gasteiger partial charge in [0.05, 0.1) is 27.1 Å². The summed E-state index contributed by atoms with van der Waals surface area (Å²) in [5.41, 5.74) is 4.03. The first kappa shape index (κ1) is 17.7. The normalized spacial score (nSPS) is 10.7. The Morgan fingerprint density at radius 1 is 1.12 bits per heavy atom. The topological polar surface area (TPSA) is 64.6 Å². The Hall–Kier alpha value is -2.15. The van der Waals surface area contributed by atoms with E-state index in [0.29, 0.717) is 27.1 Å². The van der Waals surface area contributed by atoms with Crippen LogP contribution >= 0.6 is 23.2 Å². The third-order valence-corrected chi connectivity index (χ3v) is 4.89. The van der Waals surface area contributed by atoms with Crippen LogP contribution in [-0.2, 0) is 11.5 Å². The van der Waals surface area contributed by atoms with Crippen LogP contribution in [0.25, 0.3) is 16.9 Å². The first-order valence-electron chi connectivity index (χ1n) is 7.20. The molecule has 1 aromatic heterocycles. The van der Waals surface area contributed by atoms with Crippen LogP contribution in [0.5, 0.6) is 0 Å². The summed E-state index contributed by atoms with van der Waals surface area (Å²) in [5.74, 6) is -0.551. The van der Waals surface area contributed by atoms with Crippen molar-refractivity contribution >= 4 is 40.4 Å². The van der Waals surface area contributed by atoms with Crippen molar-refractivity contribution in [2.75, 3.05) is 0 Å². The summed E-state index contributed by atoms with van der Waals surface area (Å²) in [7, 11) is 0. The Labute approximate surface area is 157 Å². The van der Waals surface area contributed by atoms with Gasteiger partial charge in [0.1, 0.15) is 6.26 Å². The van der Waals surface area contributed by atoms with Crippen molar-refractivity contribution in [2.45, 2.75) is 13.8 Å². The molecule has 3 aromatic rings. The average molecular weight is 395 g/mol. The quantitative estimate of drug-likeness (QED) is 0.624. The van der Waals surface area contributed by atoms with Crippen LogP contribution in [0.2, 0.25) is 10.0 Å². The number of hydrogen-bond acceptors (Lipinski definition) is 4. The molecule has 2 aromatic carbocycles. The average Bonchev–Trinajstić information content (AvgIpc) is 2.95. The summed E-state index contributed by atoms with van der Waals surface area (Å²) in [5, 5.41) is 0.723. The van der Waals surface area contributed by atoms with Gasteiger partial charge in [-0.05, 0) is 43.2 Å². The number of rotatable bonds is 3. The SMILES string of the molecule is Cc1ccc(-c2coc(=O)n2-c2ccc(Cl)c(Cl)c2)c(C)c1N=S=O. The van der Waals surface area contributed by atoms with Crippen molar-refractivity contribution < 1.29 is 8.63 Å². The predicted molar refractivity (Wildman–Crippen MR) is 99.5 cm³/mol. The minimum absolute atomic E-state index is 0.147. The number of halogens is 2. The monoisotopic (exact) mass is 394 g/mol. The van der Waals surface area contributed by atoms with Gasteiger partial charge in [0.2, 0.25) is 11.5 Å². The Morgan fingerprint density at radius 2 is 1.88 bits per heavy atom. The van der Waals surface area contributed by atoms with Gasteiger partial charge in [0.15, 0.2) is 0 Å². The minimum atomic E-state index is -0.551. The summed E-state index contributed by atoms with van der Waals surface area (Å²) in [6, 6.07) is 8.58. The van der Waals surface area contributed by atoms with Crippen LogP contribution in [0.15, 0.2) is 50.2 Å². The summed E-state index contributed by atoms with van der Waals surface area (Å²) in [6.07, 6.45) is 1.37. The molecule has 0 aliphatic heterocycles. The maximum Gasteiger partial charge on any atom is 0.424 e. The molecule has 1 heterocycles. The van der Waals surface area contributed by atoms with E-state index in [2.05, 4.69) is 4.36 Å². The van der Waals surface area contributed by atoms with E-state index in [1.54, 1.807) is 18.2 Å². The van der Waals surface area contributed by atoms with Crippen molar-refractivity contribution in [3.63, 3.8) is 0 Å². The molecule has 0 N–H and O–H groups in total. The van der Waals surface area contributed by atoms with E-state index < -0.39 is 5.76 Å². The summed E-state index contributed by atoms with van der Waals surface area (Å²) in [6.45, 7) is 3.71. The second-order valence-electron chi connectivity index (χ2n) is 5.39. The van der Waals surface area contributed by atoms with Gasteiger partial charge in [-0.15, -0.1) is 0 Å². The Kier molecular flexibility index (Phi) is 4.94. The maximum absolute atomic E-state index is 12.2. The summed E-state index contributed by atoms with van der Waals surface area (Å²) in [4.78, 5) is 12.2. The lowest BCUT2D eigenvalue weighted by Gasteiger charge is -2.12. The summed E-state index contributed by atoms with van der Waals surface area (Å²) < 4.78 is 21.3. The lowest BCUT2D eigenvalue weighted by atomic mass is 10.0. The highest BCUT2D eigenvalue weighted by Gasteiger charge is 2.17. The van der Waals surface area contributed by atoms with Gasteiger partial charge in [-0.3, -0.25) is 0 Å². The molecule has 0 amide bonds. The lowest BCUT2D eigenvalue weighted by Crippen LogP contribution is -2.13. The minimum Gasteiger partial charge on any atom is -0.415 e. The highest BCUT2D eigenvalue weighted by atomic mass is 35.5. The van der Waals surface area contributed by atoms with Crippen LogP contribution in [0, 0.1) is 13.8 Å². The van der Waals surface area contributed by atoms with E-state index in [9.17, 15) is 9.00 Å². The maximum atomic E-state index is 12.2. The molecular formula is C17H12Cl2N2O3S. The molecule has 8 heteroatoms. The molecular weight excluding hydrogens is 383 g/mol. The number of oxazole rings is 1. The fourth-order valence-electron chi connectivity index (χ4n) is 2.65. The van der Waals surface area contributed by atoms with Crippen LogP contribution in [-0.4, -0.2) is 8.78 Å². The van der Waals surface area contributed by atoms with Gasteiger partial charge in [-0.2, -0.15) is 8.57 Å². The zero-order valence-corrected chi connectivity index (χ0v) is 15.6. The predicted octanol–water partition coefficient (Wildman–Crippen LogP) is 5.05. The molecule has 0 atom stereocenters. The molecule has 0 radical (unpaired) electrons. The standard InChI is InChI=1S/C17H12Cl2N2O3S/c1-9-3-5-12(10(2)16(9)20-25-23)15-8-24-17(22)21(15)11-4-6-13(18)14(19)7-11/h3-8H,1-2H3. The molecule has 0 fully saturated rings. The molecule has 25 heavy (non-hydrogen) atoms. The zero-order valence-electron chi connectivity index (χ0n) is 13.2. The van der Waals surface area contributed by atoms with Gasteiger partial charge in [0, 0.05) is 5.56 Å². The van der Waals surface area contributed by atoms with Crippen LogP contribution < -0.4 is 5.76 Å². The van der Waals surface area contributed by atoms with Gasteiger partial charge >= 0.3 is 5.76 Å². The van der Waals surface area contributed by atoms with Gasteiger partial charge in [-0.1, -0.05) is 35.3 Å². The first-order chi connectivity index (χ1) is 11.9. The lowest BCUT2D eigenvalue weighted by molar-refractivity contribution is 0.504. The van der Waals surface area contributed by atoms with E-state index in [-0.39, 0.29) is 11.5 Å². The molecule has 0 aliphatic carbocycles. The van der Waals surface area contributed by atoms with E-state index in [1.807, 2.05) is 26.0 Å². The molecule has 0 saturated carbocycles. The number of benzene rings is 2.